The molecule has 1 aromatic carbocycles. The van der Waals surface area contributed by atoms with E-state index in [4.69, 9.17) is 28.6 Å². The zero-order valence-corrected chi connectivity index (χ0v) is 21.9. The minimum atomic E-state index is -0.393. The van der Waals surface area contributed by atoms with E-state index >= 15 is 0 Å². The predicted molar refractivity (Wildman–Crippen MR) is 141 cm³/mol. The van der Waals surface area contributed by atoms with Crippen LogP contribution < -0.4 is 5.32 Å². The monoisotopic (exact) mass is 523 g/mol. The molecular weight excluding hydrogens is 493 g/mol. The number of thiophene rings is 1. The Morgan fingerprint density at radius 2 is 1.91 bits per heavy atom. The molecule has 0 spiro atoms. The van der Waals surface area contributed by atoms with Gasteiger partial charge in [-0.15, -0.1) is 11.3 Å². The van der Waals surface area contributed by atoms with Crippen molar-refractivity contribution in [1.29, 1.82) is 0 Å². The smallest absolute Gasteiger partial charge is 0.341 e. The summed E-state index contributed by atoms with van der Waals surface area (Å²) >= 11 is 13.3. The fraction of sp³-hybridized carbons (Fsp3) is 0.520. The Bertz CT molecular complexity index is 1040. The summed E-state index contributed by atoms with van der Waals surface area (Å²) in [6, 6.07) is 4.88. The molecule has 1 aromatic heterocycles. The second-order valence-corrected chi connectivity index (χ2v) is 10.7. The van der Waals surface area contributed by atoms with Crippen molar-refractivity contribution in [2.24, 2.45) is 0 Å². The van der Waals surface area contributed by atoms with E-state index in [1.807, 2.05) is 6.92 Å². The van der Waals surface area contributed by atoms with Gasteiger partial charge in [0.25, 0.3) is 0 Å². The third-order valence-corrected chi connectivity index (χ3v) is 8.28. The number of piperazine rings is 1. The van der Waals surface area contributed by atoms with Gasteiger partial charge in [0.2, 0.25) is 0 Å². The summed E-state index contributed by atoms with van der Waals surface area (Å²) in [5.41, 5.74) is 2.82. The molecule has 4 rings (SSSR count). The summed E-state index contributed by atoms with van der Waals surface area (Å²) in [5, 5.41) is 5.01. The van der Waals surface area contributed by atoms with Crippen molar-refractivity contribution >= 4 is 51.2 Å². The van der Waals surface area contributed by atoms with Crippen molar-refractivity contribution in [2.75, 3.05) is 38.1 Å². The molecule has 1 aliphatic heterocycles. The minimum absolute atomic E-state index is 0.156. The van der Waals surface area contributed by atoms with Gasteiger partial charge in [-0.2, -0.15) is 0 Å². The van der Waals surface area contributed by atoms with Gasteiger partial charge in [0.1, 0.15) is 10.8 Å². The number of hydrogen-bond acceptors (Lipinski definition) is 5. The van der Waals surface area contributed by atoms with Crippen LogP contribution in [0.3, 0.4) is 0 Å². The number of carbonyl (C=O) groups is 1. The molecule has 184 valence electrons. The van der Waals surface area contributed by atoms with Crippen LogP contribution in [-0.4, -0.2) is 53.7 Å². The van der Waals surface area contributed by atoms with Crippen LogP contribution in [0.1, 0.15) is 59.0 Å². The fourth-order valence-corrected chi connectivity index (χ4v) is 6.44. The van der Waals surface area contributed by atoms with Gasteiger partial charge < -0.3 is 15.0 Å². The molecule has 5 nitrogen and oxygen atoms in total. The summed E-state index contributed by atoms with van der Waals surface area (Å²) in [6.45, 7) is 6.14. The first-order valence-corrected chi connectivity index (χ1v) is 13.6. The van der Waals surface area contributed by atoms with Crippen LogP contribution in [0.5, 0.6) is 0 Å². The van der Waals surface area contributed by atoms with E-state index in [9.17, 15) is 9.18 Å². The number of halogens is 2. The Labute approximate surface area is 215 Å². The molecule has 1 saturated heterocycles. The van der Waals surface area contributed by atoms with Gasteiger partial charge in [-0.25, -0.2) is 9.18 Å². The number of aryl methyl sites for hydroxylation is 1. The summed E-state index contributed by atoms with van der Waals surface area (Å²) in [6.07, 6.45) is 6.62. The molecule has 0 unspecified atom stereocenters. The number of nitrogens with one attached hydrogen (secondary N) is 1. The Hall–Kier alpha value is -1.74. The maximum absolute atomic E-state index is 13.4. The third-order valence-electron chi connectivity index (χ3n) is 6.42. The van der Waals surface area contributed by atoms with E-state index < -0.39 is 5.82 Å². The van der Waals surface area contributed by atoms with Crippen molar-refractivity contribution in [3.63, 3.8) is 0 Å². The van der Waals surface area contributed by atoms with Crippen molar-refractivity contribution < 1.29 is 13.9 Å². The zero-order valence-electron chi connectivity index (χ0n) is 19.5. The molecule has 0 radical (unpaired) electrons. The number of hydrogen-bond donors (Lipinski definition) is 1. The highest BCUT2D eigenvalue weighted by Gasteiger charge is 2.27. The van der Waals surface area contributed by atoms with Crippen LogP contribution in [0.15, 0.2) is 18.2 Å². The molecule has 1 fully saturated rings. The van der Waals surface area contributed by atoms with Crippen LogP contribution in [0.2, 0.25) is 5.02 Å². The summed E-state index contributed by atoms with van der Waals surface area (Å²) in [4.78, 5) is 18.6. The molecule has 2 aliphatic rings. The van der Waals surface area contributed by atoms with E-state index in [-0.39, 0.29) is 11.0 Å². The largest absolute Gasteiger partial charge is 0.462 e. The van der Waals surface area contributed by atoms with E-state index in [0.717, 1.165) is 74.5 Å². The number of rotatable bonds is 5. The van der Waals surface area contributed by atoms with Gasteiger partial charge in [-0.05, 0) is 68.1 Å². The Kier molecular flexibility index (Phi) is 8.80. The molecule has 0 saturated carbocycles. The number of carbonyl (C=O) groups excluding carboxylic acids is 1. The van der Waals surface area contributed by atoms with Crippen molar-refractivity contribution in [3.8, 4) is 0 Å². The second-order valence-electron chi connectivity index (χ2n) is 8.78. The highest BCUT2D eigenvalue weighted by molar-refractivity contribution is 7.80. The van der Waals surface area contributed by atoms with Gasteiger partial charge in [-0.1, -0.05) is 30.5 Å². The van der Waals surface area contributed by atoms with E-state index in [1.54, 1.807) is 23.5 Å². The van der Waals surface area contributed by atoms with Crippen LogP contribution >= 0.6 is 35.2 Å². The molecule has 2 heterocycles. The highest BCUT2D eigenvalue weighted by Crippen LogP contribution is 2.38. The van der Waals surface area contributed by atoms with Gasteiger partial charge in [0, 0.05) is 37.6 Å². The minimum Gasteiger partial charge on any atom is -0.462 e. The second kappa shape index (κ2) is 11.8. The number of anilines is 1. The SMILES string of the molecule is CCOC(=O)c1c(NC(=S)N2CCN(Cc3ccc(F)c(Cl)c3)CC2)sc2c1CCCCCC2. The van der Waals surface area contributed by atoms with E-state index in [2.05, 4.69) is 15.1 Å². The molecule has 2 aromatic rings. The van der Waals surface area contributed by atoms with Crippen LogP contribution in [0.4, 0.5) is 9.39 Å². The Morgan fingerprint density at radius 3 is 2.62 bits per heavy atom. The van der Waals surface area contributed by atoms with E-state index in [1.165, 1.54) is 23.8 Å². The highest BCUT2D eigenvalue weighted by atomic mass is 35.5. The fourth-order valence-electron chi connectivity index (χ4n) is 4.61. The summed E-state index contributed by atoms with van der Waals surface area (Å²) in [5.74, 6) is -0.649. The quantitative estimate of drug-likeness (QED) is 0.389. The third kappa shape index (κ3) is 6.08. The molecular formula is C25H31ClFN3O2S2. The summed E-state index contributed by atoms with van der Waals surface area (Å²) in [7, 11) is 0. The lowest BCUT2D eigenvalue weighted by atomic mass is 9.96. The number of thiocarbonyl (C=S) groups is 1. The standard InChI is InChI=1S/C25H31ClFN3O2S2/c1-2-32-24(31)22-18-7-5-3-4-6-8-21(18)34-23(22)28-25(33)30-13-11-29(12-14-30)16-17-9-10-20(27)19(26)15-17/h9-10,15H,2-8,11-14,16H2,1H3,(H,28,33). The Morgan fingerprint density at radius 1 is 1.18 bits per heavy atom. The number of ether oxygens (including phenoxy) is 1. The first kappa shape index (κ1) is 25.4. The zero-order chi connectivity index (χ0) is 24.1. The molecule has 1 N–H and O–H groups in total. The molecule has 9 heteroatoms. The summed E-state index contributed by atoms with van der Waals surface area (Å²) < 4.78 is 18.8. The van der Waals surface area contributed by atoms with Crippen molar-refractivity contribution in [1.82, 2.24) is 9.80 Å². The van der Waals surface area contributed by atoms with Crippen LogP contribution in [0.25, 0.3) is 0 Å². The maximum Gasteiger partial charge on any atom is 0.341 e. The maximum atomic E-state index is 13.4. The Balaban J connectivity index is 1.41. The first-order valence-electron chi connectivity index (χ1n) is 12.0. The molecule has 0 amide bonds. The van der Waals surface area contributed by atoms with Gasteiger partial charge in [0.05, 0.1) is 17.2 Å². The molecule has 34 heavy (non-hydrogen) atoms. The van der Waals surface area contributed by atoms with Crippen molar-refractivity contribution in [3.05, 3.63) is 50.6 Å². The topological polar surface area (TPSA) is 44.8 Å². The lowest BCUT2D eigenvalue weighted by Crippen LogP contribution is -2.49. The van der Waals surface area contributed by atoms with Gasteiger partial charge in [0.15, 0.2) is 5.11 Å². The number of benzene rings is 1. The van der Waals surface area contributed by atoms with Gasteiger partial charge >= 0.3 is 5.97 Å². The lowest BCUT2D eigenvalue weighted by molar-refractivity contribution is 0.0526. The number of nitrogens with zero attached hydrogens (tertiary/aromatic N) is 2. The van der Waals surface area contributed by atoms with E-state index in [0.29, 0.717) is 17.3 Å². The van der Waals surface area contributed by atoms with Crippen molar-refractivity contribution in [2.45, 2.75) is 52.0 Å². The molecule has 0 bridgehead atoms. The molecule has 1 aliphatic carbocycles. The lowest BCUT2D eigenvalue weighted by Gasteiger charge is -2.36. The normalized spacial score (nSPS) is 17.0. The van der Waals surface area contributed by atoms with Crippen LogP contribution in [-0.2, 0) is 24.1 Å². The average Bonchev–Trinajstić information content (AvgIpc) is 3.12. The number of esters is 1. The van der Waals surface area contributed by atoms with Gasteiger partial charge in [-0.3, -0.25) is 4.90 Å². The predicted octanol–water partition coefficient (Wildman–Crippen LogP) is 5.89. The van der Waals surface area contributed by atoms with Crippen LogP contribution in [0, 0.1) is 5.82 Å². The first-order chi connectivity index (χ1) is 16.5. The number of fused-ring (bicyclic) bond motifs is 1. The average molecular weight is 524 g/mol. The molecule has 0 atom stereocenters.